The summed E-state index contributed by atoms with van der Waals surface area (Å²) in [5.74, 6) is 0.322. The van der Waals surface area contributed by atoms with E-state index in [0.717, 1.165) is 12.8 Å². The van der Waals surface area contributed by atoms with Crippen LogP contribution in [0, 0.1) is 12.8 Å². The Morgan fingerprint density at radius 2 is 2.05 bits per heavy atom. The summed E-state index contributed by atoms with van der Waals surface area (Å²) in [5.41, 5.74) is 0.844. The van der Waals surface area contributed by atoms with Gasteiger partial charge in [0.2, 0.25) is 10.0 Å². The normalized spacial score (nSPS) is 15.2. The second-order valence-electron chi connectivity index (χ2n) is 5.25. The monoisotopic (exact) mass is 316 g/mol. The number of amides is 1. The van der Waals surface area contributed by atoms with E-state index >= 15 is 0 Å². The van der Waals surface area contributed by atoms with E-state index in [1.807, 2.05) is 0 Å². The van der Waals surface area contributed by atoms with Gasteiger partial charge >= 0.3 is 0 Å². The Balaban J connectivity index is 2.38. The number of benzene rings is 1. The SMILES string of the molecule is Cc1c(Cl)cc(S(N)(=O)=O)cc1C(=O)N(C)CC1CC1. The molecule has 1 aliphatic carbocycles. The van der Waals surface area contributed by atoms with Crippen LogP contribution in [0.1, 0.15) is 28.8 Å². The minimum absolute atomic E-state index is 0.142. The van der Waals surface area contributed by atoms with Crippen molar-refractivity contribution in [3.05, 3.63) is 28.3 Å². The molecule has 0 radical (unpaired) electrons. The number of sulfonamides is 1. The van der Waals surface area contributed by atoms with Gasteiger partial charge < -0.3 is 4.90 Å². The largest absolute Gasteiger partial charge is 0.341 e. The lowest BCUT2D eigenvalue weighted by molar-refractivity contribution is 0.0787. The van der Waals surface area contributed by atoms with Crippen molar-refractivity contribution < 1.29 is 13.2 Å². The van der Waals surface area contributed by atoms with Crippen molar-refractivity contribution in [2.24, 2.45) is 11.1 Å². The van der Waals surface area contributed by atoms with Crippen LogP contribution in [0.4, 0.5) is 0 Å². The molecule has 0 saturated heterocycles. The van der Waals surface area contributed by atoms with E-state index in [4.69, 9.17) is 16.7 Å². The molecule has 0 bridgehead atoms. The van der Waals surface area contributed by atoms with E-state index in [-0.39, 0.29) is 21.4 Å². The summed E-state index contributed by atoms with van der Waals surface area (Å²) < 4.78 is 22.8. The van der Waals surface area contributed by atoms with Gasteiger partial charge in [-0.2, -0.15) is 0 Å². The Hall–Kier alpha value is -1.11. The zero-order valence-electron chi connectivity index (χ0n) is 11.4. The molecule has 2 rings (SSSR count). The van der Waals surface area contributed by atoms with Gasteiger partial charge in [-0.1, -0.05) is 11.6 Å². The van der Waals surface area contributed by atoms with Crippen molar-refractivity contribution in [2.75, 3.05) is 13.6 Å². The van der Waals surface area contributed by atoms with Crippen LogP contribution in [0.15, 0.2) is 17.0 Å². The van der Waals surface area contributed by atoms with Crippen LogP contribution in [-0.2, 0) is 10.0 Å². The van der Waals surface area contributed by atoms with E-state index < -0.39 is 10.0 Å². The van der Waals surface area contributed by atoms with E-state index in [2.05, 4.69) is 0 Å². The maximum absolute atomic E-state index is 12.4. The highest BCUT2D eigenvalue weighted by molar-refractivity contribution is 7.89. The van der Waals surface area contributed by atoms with Gasteiger partial charge in [0.05, 0.1) is 4.90 Å². The molecule has 1 aromatic carbocycles. The van der Waals surface area contributed by atoms with Gasteiger partial charge in [0.25, 0.3) is 5.91 Å². The second-order valence-corrected chi connectivity index (χ2v) is 7.22. The highest BCUT2D eigenvalue weighted by Gasteiger charge is 2.26. The molecular weight excluding hydrogens is 300 g/mol. The van der Waals surface area contributed by atoms with Gasteiger partial charge in [0, 0.05) is 24.2 Å². The summed E-state index contributed by atoms with van der Waals surface area (Å²) in [6.45, 7) is 2.36. The van der Waals surface area contributed by atoms with Gasteiger partial charge in [-0.25, -0.2) is 13.6 Å². The summed E-state index contributed by atoms with van der Waals surface area (Å²) >= 11 is 6.00. The smallest absolute Gasteiger partial charge is 0.253 e. The fourth-order valence-electron chi connectivity index (χ4n) is 2.02. The van der Waals surface area contributed by atoms with Crippen LogP contribution < -0.4 is 5.14 Å². The number of carbonyl (C=O) groups excluding carboxylic acids is 1. The molecule has 20 heavy (non-hydrogen) atoms. The first-order valence-electron chi connectivity index (χ1n) is 6.28. The van der Waals surface area contributed by atoms with E-state index in [1.165, 1.54) is 12.1 Å². The summed E-state index contributed by atoms with van der Waals surface area (Å²) in [7, 11) is -2.18. The quantitative estimate of drug-likeness (QED) is 0.919. The van der Waals surface area contributed by atoms with Gasteiger partial charge in [-0.15, -0.1) is 0 Å². The average Bonchev–Trinajstić information content (AvgIpc) is 3.14. The first-order valence-corrected chi connectivity index (χ1v) is 8.21. The highest BCUT2D eigenvalue weighted by Crippen LogP contribution is 2.30. The van der Waals surface area contributed by atoms with Gasteiger partial charge in [-0.05, 0) is 43.4 Å². The summed E-state index contributed by atoms with van der Waals surface area (Å²) in [4.78, 5) is 13.8. The molecule has 0 unspecified atom stereocenters. The fourth-order valence-corrected chi connectivity index (χ4v) is 2.86. The molecule has 1 fully saturated rings. The Morgan fingerprint density at radius 3 is 2.55 bits per heavy atom. The van der Waals surface area contributed by atoms with Crippen molar-refractivity contribution >= 4 is 27.5 Å². The van der Waals surface area contributed by atoms with Crippen molar-refractivity contribution in [2.45, 2.75) is 24.7 Å². The lowest BCUT2D eigenvalue weighted by Crippen LogP contribution is -2.29. The van der Waals surface area contributed by atoms with Crippen LogP contribution in [0.2, 0.25) is 5.02 Å². The van der Waals surface area contributed by atoms with Crippen LogP contribution in [-0.4, -0.2) is 32.8 Å². The summed E-state index contributed by atoms with van der Waals surface area (Å²) in [6, 6.07) is 2.56. The molecule has 0 aromatic heterocycles. The zero-order valence-corrected chi connectivity index (χ0v) is 13.0. The van der Waals surface area contributed by atoms with Crippen molar-refractivity contribution in [3.63, 3.8) is 0 Å². The minimum atomic E-state index is -3.89. The number of hydrogen-bond acceptors (Lipinski definition) is 3. The second kappa shape index (κ2) is 5.35. The number of nitrogens with zero attached hydrogens (tertiary/aromatic N) is 1. The lowest BCUT2D eigenvalue weighted by atomic mass is 10.1. The van der Waals surface area contributed by atoms with Gasteiger partial charge in [0.15, 0.2) is 0 Å². The predicted molar refractivity (Wildman–Crippen MR) is 77.2 cm³/mol. The summed E-state index contributed by atoms with van der Waals surface area (Å²) in [6.07, 6.45) is 2.27. The molecule has 2 N–H and O–H groups in total. The molecule has 0 aliphatic heterocycles. The van der Waals surface area contributed by atoms with Crippen molar-refractivity contribution in [1.82, 2.24) is 4.90 Å². The lowest BCUT2D eigenvalue weighted by Gasteiger charge is -2.19. The molecule has 1 aromatic rings. The van der Waals surface area contributed by atoms with E-state index in [1.54, 1.807) is 18.9 Å². The minimum Gasteiger partial charge on any atom is -0.341 e. The number of hydrogen-bond donors (Lipinski definition) is 1. The van der Waals surface area contributed by atoms with Crippen LogP contribution in [0.3, 0.4) is 0 Å². The zero-order chi connectivity index (χ0) is 15.1. The number of primary sulfonamides is 1. The first kappa shape index (κ1) is 15.3. The Kier molecular flexibility index (Phi) is 4.09. The van der Waals surface area contributed by atoms with Crippen molar-refractivity contribution in [1.29, 1.82) is 0 Å². The van der Waals surface area contributed by atoms with E-state index in [0.29, 0.717) is 18.0 Å². The maximum Gasteiger partial charge on any atom is 0.253 e. The fraction of sp³-hybridized carbons (Fsp3) is 0.462. The molecule has 0 heterocycles. The van der Waals surface area contributed by atoms with E-state index in [9.17, 15) is 13.2 Å². The Labute approximate surface area is 123 Å². The molecule has 1 saturated carbocycles. The van der Waals surface area contributed by atoms with Crippen LogP contribution in [0.5, 0.6) is 0 Å². The molecule has 110 valence electrons. The number of nitrogens with two attached hydrogens (primary N) is 1. The molecule has 0 spiro atoms. The third-order valence-electron chi connectivity index (χ3n) is 3.45. The molecule has 5 nitrogen and oxygen atoms in total. The molecule has 1 amide bonds. The number of carbonyl (C=O) groups is 1. The third-order valence-corrected chi connectivity index (χ3v) is 4.74. The number of rotatable bonds is 4. The highest BCUT2D eigenvalue weighted by atomic mass is 35.5. The molecule has 0 atom stereocenters. The maximum atomic E-state index is 12.4. The third kappa shape index (κ3) is 3.31. The first-order chi connectivity index (χ1) is 9.20. The van der Waals surface area contributed by atoms with Crippen LogP contribution in [0.25, 0.3) is 0 Å². The molecule has 1 aliphatic rings. The average molecular weight is 317 g/mol. The predicted octanol–water partition coefficient (Wildman–Crippen LogP) is 1.78. The van der Waals surface area contributed by atoms with Gasteiger partial charge in [-0.3, -0.25) is 4.79 Å². The van der Waals surface area contributed by atoms with Gasteiger partial charge in [0.1, 0.15) is 0 Å². The topological polar surface area (TPSA) is 80.5 Å². The molecular formula is C13H17ClN2O3S. The summed E-state index contributed by atoms with van der Waals surface area (Å²) in [5, 5.41) is 5.32. The number of halogens is 1. The standard InChI is InChI=1S/C13H17ClN2O3S/c1-8-11(13(17)16(2)7-9-3-4-9)5-10(6-12(8)14)20(15,18)19/h5-6,9H,3-4,7H2,1-2H3,(H2,15,18,19). The van der Waals surface area contributed by atoms with Crippen molar-refractivity contribution in [3.8, 4) is 0 Å². The van der Waals surface area contributed by atoms with Crippen LogP contribution >= 0.6 is 11.6 Å². The molecule has 7 heteroatoms. The Morgan fingerprint density at radius 1 is 1.45 bits per heavy atom. The Bertz CT molecular complexity index is 654.